The molecule has 0 saturated heterocycles. The normalized spacial score (nSPS) is 18.3. The molecule has 7 heteroatoms. The Kier molecular flexibility index (Phi) is 6.48. The lowest BCUT2D eigenvalue weighted by Crippen LogP contribution is -2.58. The van der Waals surface area contributed by atoms with Crippen molar-refractivity contribution in [3.63, 3.8) is 0 Å². The first-order valence-electron chi connectivity index (χ1n) is 12.5. The van der Waals surface area contributed by atoms with Gasteiger partial charge in [-0.05, 0) is 73.2 Å². The first-order valence-corrected chi connectivity index (χ1v) is 12.5. The van der Waals surface area contributed by atoms with Crippen LogP contribution in [0, 0.1) is 6.92 Å². The largest absolute Gasteiger partial charge is 0.497 e. The number of hydrogen-bond acceptors (Lipinski definition) is 5. The summed E-state index contributed by atoms with van der Waals surface area (Å²) in [5.74, 6) is -0.355. The zero-order chi connectivity index (χ0) is 25.3. The minimum Gasteiger partial charge on any atom is -0.497 e. The van der Waals surface area contributed by atoms with Gasteiger partial charge < -0.3 is 24.5 Å². The van der Waals surface area contributed by atoms with Crippen molar-refractivity contribution in [1.29, 1.82) is 0 Å². The molecule has 36 heavy (non-hydrogen) atoms. The van der Waals surface area contributed by atoms with Crippen LogP contribution in [0.3, 0.4) is 0 Å². The number of carboxylic acids is 1. The fourth-order valence-electron chi connectivity index (χ4n) is 6.07. The number of fused-ring (bicyclic) bond motifs is 1. The Morgan fingerprint density at radius 2 is 2.00 bits per heavy atom. The number of aliphatic carboxylic acids is 1. The summed E-state index contributed by atoms with van der Waals surface area (Å²) in [6.45, 7) is 2.80. The third kappa shape index (κ3) is 4.23. The molecule has 7 nitrogen and oxygen atoms in total. The zero-order valence-electron chi connectivity index (χ0n) is 20.8. The number of hydrogen-bond donors (Lipinski definition) is 2. The molecule has 1 aliphatic carbocycles. The van der Waals surface area contributed by atoms with Crippen LogP contribution in [0.25, 0.3) is 0 Å². The number of methoxy groups -OCH3 is 1. The van der Waals surface area contributed by atoms with E-state index in [0.29, 0.717) is 42.0 Å². The highest BCUT2D eigenvalue weighted by Gasteiger charge is 2.56. The maximum atomic E-state index is 14.2. The highest BCUT2D eigenvalue weighted by molar-refractivity contribution is 6.05. The molecule has 188 valence electrons. The average Bonchev–Trinajstić information content (AvgIpc) is 3.54. The van der Waals surface area contributed by atoms with Gasteiger partial charge in [-0.1, -0.05) is 31.0 Å². The highest BCUT2D eigenvalue weighted by atomic mass is 16.5. The van der Waals surface area contributed by atoms with Crippen LogP contribution in [0.5, 0.6) is 5.75 Å². The summed E-state index contributed by atoms with van der Waals surface area (Å²) in [5, 5.41) is 13.9. The van der Waals surface area contributed by atoms with Crippen molar-refractivity contribution in [2.24, 2.45) is 0 Å². The molecule has 1 aromatic heterocycles. The van der Waals surface area contributed by atoms with Crippen molar-refractivity contribution in [3.05, 3.63) is 82.8 Å². The number of rotatable bonds is 8. The molecule has 0 unspecified atom stereocenters. The summed E-state index contributed by atoms with van der Waals surface area (Å²) in [6.07, 6.45) is 5.46. The molecule has 2 N–H and O–H groups in total. The van der Waals surface area contributed by atoms with Crippen LogP contribution in [0.15, 0.2) is 59.2 Å². The molecule has 5 rings (SSSR count). The van der Waals surface area contributed by atoms with Gasteiger partial charge in [0.15, 0.2) is 0 Å². The Morgan fingerprint density at radius 1 is 1.19 bits per heavy atom. The lowest BCUT2D eigenvalue weighted by Gasteiger charge is -2.49. The van der Waals surface area contributed by atoms with Gasteiger partial charge in [0.1, 0.15) is 17.4 Å². The van der Waals surface area contributed by atoms with E-state index >= 15 is 0 Å². The van der Waals surface area contributed by atoms with Crippen LogP contribution < -0.4 is 10.1 Å². The van der Waals surface area contributed by atoms with E-state index in [1.54, 1.807) is 24.3 Å². The second-order valence-corrected chi connectivity index (χ2v) is 9.86. The molecular formula is C29H32N2O5. The van der Waals surface area contributed by atoms with Crippen molar-refractivity contribution in [2.45, 2.75) is 57.0 Å². The van der Waals surface area contributed by atoms with Crippen molar-refractivity contribution in [3.8, 4) is 5.75 Å². The average molecular weight is 489 g/mol. The Hall–Kier alpha value is -3.74. The van der Waals surface area contributed by atoms with Crippen molar-refractivity contribution in [2.75, 3.05) is 19.0 Å². The molecule has 1 amide bonds. The number of nitrogens with zero attached hydrogens (tertiary/aromatic N) is 1. The van der Waals surface area contributed by atoms with Gasteiger partial charge in [-0.15, -0.1) is 0 Å². The molecule has 3 aromatic rings. The number of nitrogens with one attached hydrogen (secondary N) is 1. The Morgan fingerprint density at radius 3 is 2.69 bits per heavy atom. The summed E-state index contributed by atoms with van der Waals surface area (Å²) < 4.78 is 10.9. The number of benzene rings is 2. The molecule has 1 aliphatic heterocycles. The summed E-state index contributed by atoms with van der Waals surface area (Å²) in [6, 6.07) is 15.4. The number of anilines is 1. The van der Waals surface area contributed by atoms with Crippen molar-refractivity contribution in [1.82, 2.24) is 4.90 Å². The molecule has 1 fully saturated rings. The van der Waals surface area contributed by atoms with Crippen molar-refractivity contribution < 1.29 is 23.8 Å². The number of amides is 1. The highest BCUT2D eigenvalue weighted by Crippen LogP contribution is 2.52. The predicted molar refractivity (Wildman–Crippen MR) is 137 cm³/mol. The Labute approximate surface area is 211 Å². The fourth-order valence-corrected chi connectivity index (χ4v) is 6.07. The summed E-state index contributed by atoms with van der Waals surface area (Å²) in [5.41, 5.74) is 3.05. The molecule has 2 aromatic carbocycles. The number of carbonyl (C=O) groups is 2. The third-order valence-corrected chi connectivity index (χ3v) is 7.63. The summed E-state index contributed by atoms with van der Waals surface area (Å²) in [4.78, 5) is 28.8. The molecule has 0 radical (unpaired) electrons. The number of furan rings is 1. The van der Waals surface area contributed by atoms with Gasteiger partial charge in [-0.3, -0.25) is 9.59 Å². The number of carboxylic acid groups (broad SMARTS) is 1. The lowest BCUT2D eigenvalue weighted by molar-refractivity contribution is -0.143. The number of carbonyl (C=O) groups excluding carboxylic acids is 1. The van der Waals surface area contributed by atoms with Gasteiger partial charge in [0.05, 0.1) is 31.0 Å². The Balaban J connectivity index is 1.53. The quantitative estimate of drug-likeness (QED) is 0.442. The van der Waals surface area contributed by atoms with Gasteiger partial charge in [0.25, 0.3) is 5.91 Å². The first-order chi connectivity index (χ1) is 17.4. The topological polar surface area (TPSA) is 92.0 Å². The predicted octanol–water partition coefficient (Wildman–Crippen LogP) is 5.39. The van der Waals surface area contributed by atoms with Crippen LogP contribution in [0.1, 0.15) is 64.4 Å². The van der Waals surface area contributed by atoms with Crippen molar-refractivity contribution >= 4 is 17.6 Å². The van der Waals surface area contributed by atoms with Crippen LogP contribution in [0.4, 0.5) is 5.69 Å². The van der Waals surface area contributed by atoms with E-state index in [9.17, 15) is 14.7 Å². The van der Waals surface area contributed by atoms with Gasteiger partial charge >= 0.3 is 5.97 Å². The standard InChI is InChI=1S/C29H32N2O5/c1-19-15-23-25(24(16-19)30-13-10-20-7-5-8-21(17-20)35-2)27(32)31(18-22-9-6-14-36-22)29(11-3-4-12-29)26(23)28(33)34/h5-9,14-17,26,30H,3-4,10-13,18H2,1-2H3,(H,33,34)/t26-/m0/s1. The summed E-state index contributed by atoms with van der Waals surface area (Å²) >= 11 is 0. The van der Waals surface area contributed by atoms with E-state index < -0.39 is 17.4 Å². The summed E-state index contributed by atoms with van der Waals surface area (Å²) in [7, 11) is 1.65. The van der Waals surface area contributed by atoms with E-state index in [0.717, 1.165) is 36.1 Å². The van der Waals surface area contributed by atoms with Gasteiger partial charge in [0, 0.05) is 12.2 Å². The molecule has 1 saturated carbocycles. The van der Waals surface area contributed by atoms with Crippen LogP contribution in [-0.2, 0) is 17.8 Å². The Bertz CT molecular complexity index is 1260. The second-order valence-electron chi connectivity index (χ2n) is 9.86. The molecule has 0 bridgehead atoms. The first kappa shape index (κ1) is 24.0. The molecule has 1 atom stereocenters. The smallest absolute Gasteiger partial charge is 0.313 e. The van der Waals surface area contributed by atoms with E-state index in [2.05, 4.69) is 5.32 Å². The second kappa shape index (κ2) is 9.72. The molecule has 2 aliphatic rings. The zero-order valence-corrected chi connectivity index (χ0v) is 20.8. The van der Waals surface area contributed by atoms with Crippen LogP contribution in [-0.4, -0.2) is 41.1 Å². The minimum atomic E-state index is -0.886. The van der Waals surface area contributed by atoms with E-state index in [-0.39, 0.29) is 12.5 Å². The van der Waals surface area contributed by atoms with E-state index in [1.165, 1.54) is 0 Å². The van der Waals surface area contributed by atoms with Gasteiger partial charge in [-0.2, -0.15) is 0 Å². The van der Waals surface area contributed by atoms with E-state index in [4.69, 9.17) is 9.15 Å². The van der Waals surface area contributed by atoms with Crippen LogP contribution >= 0.6 is 0 Å². The number of aryl methyl sites for hydroxylation is 1. The van der Waals surface area contributed by atoms with Gasteiger partial charge in [0.2, 0.25) is 0 Å². The third-order valence-electron chi connectivity index (χ3n) is 7.63. The van der Waals surface area contributed by atoms with Gasteiger partial charge in [-0.25, -0.2) is 0 Å². The fraction of sp³-hybridized carbons (Fsp3) is 0.379. The minimum absolute atomic E-state index is 0.135. The number of ether oxygens (including phenoxy) is 1. The monoisotopic (exact) mass is 488 g/mol. The maximum absolute atomic E-state index is 14.2. The van der Waals surface area contributed by atoms with E-state index in [1.807, 2.05) is 49.4 Å². The molecule has 1 spiro atoms. The SMILES string of the molecule is COc1cccc(CCNc2cc(C)cc3c2C(=O)N(Cc2ccco2)C2(CCCC2)[C@@H]3C(=O)O)c1. The molecular weight excluding hydrogens is 456 g/mol. The maximum Gasteiger partial charge on any atom is 0.313 e. The van der Waals surface area contributed by atoms with Crippen LogP contribution in [0.2, 0.25) is 0 Å². The lowest BCUT2D eigenvalue weighted by atomic mass is 9.70. The molecule has 2 heterocycles.